The molecule has 4 nitrogen and oxygen atoms in total. The van der Waals surface area contributed by atoms with Gasteiger partial charge in [0.15, 0.2) is 5.13 Å². The lowest BCUT2D eigenvalue weighted by molar-refractivity contribution is 0.250. The van der Waals surface area contributed by atoms with Gasteiger partial charge in [-0.05, 0) is 32.4 Å². The van der Waals surface area contributed by atoms with Crippen LogP contribution in [-0.4, -0.2) is 55.2 Å². The zero-order valence-corrected chi connectivity index (χ0v) is 13.8. The maximum Gasteiger partial charge on any atom is 0.185 e. The van der Waals surface area contributed by atoms with Crippen molar-refractivity contribution in [3.8, 4) is 0 Å². The van der Waals surface area contributed by atoms with Crippen LogP contribution in [0, 0.1) is 0 Å². The Bertz CT molecular complexity index is 381. The number of anilines is 1. The van der Waals surface area contributed by atoms with Crippen LogP contribution in [0.4, 0.5) is 5.13 Å². The van der Waals surface area contributed by atoms with Gasteiger partial charge in [-0.25, -0.2) is 4.98 Å². The van der Waals surface area contributed by atoms with E-state index in [4.69, 9.17) is 0 Å². The van der Waals surface area contributed by atoms with Crippen LogP contribution in [0.5, 0.6) is 0 Å². The highest BCUT2D eigenvalue weighted by Crippen LogP contribution is 2.19. The summed E-state index contributed by atoms with van der Waals surface area (Å²) in [5.41, 5.74) is 0. The monoisotopic (exact) mass is 308 g/mol. The summed E-state index contributed by atoms with van der Waals surface area (Å²) in [5, 5.41) is 7.00. The molecule has 2 fully saturated rings. The van der Waals surface area contributed by atoms with Gasteiger partial charge in [0.05, 0.1) is 0 Å². The second-order valence-electron chi connectivity index (χ2n) is 6.29. The van der Waals surface area contributed by atoms with Crippen molar-refractivity contribution in [3.05, 3.63) is 11.6 Å². The summed E-state index contributed by atoms with van der Waals surface area (Å²) >= 11 is 1.75. The van der Waals surface area contributed by atoms with E-state index in [0.717, 1.165) is 19.1 Å². The fourth-order valence-electron chi connectivity index (χ4n) is 3.45. The van der Waals surface area contributed by atoms with E-state index in [1.54, 1.807) is 11.3 Å². The molecule has 1 N–H and O–H groups in total. The summed E-state index contributed by atoms with van der Waals surface area (Å²) in [6.45, 7) is 7.06. The number of hydrogen-bond acceptors (Lipinski definition) is 5. The molecule has 21 heavy (non-hydrogen) atoms. The summed E-state index contributed by atoms with van der Waals surface area (Å²) < 4.78 is 0. The van der Waals surface area contributed by atoms with E-state index in [1.807, 2.05) is 6.20 Å². The van der Waals surface area contributed by atoms with Gasteiger partial charge >= 0.3 is 0 Å². The van der Waals surface area contributed by atoms with Crippen molar-refractivity contribution in [2.24, 2.45) is 0 Å². The van der Waals surface area contributed by atoms with Crippen molar-refractivity contribution in [3.63, 3.8) is 0 Å². The highest BCUT2D eigenvalue weighted by atomic mass is 32.1. The number of aromatic nitrogens is 1. The molecule has 0 amide bonds. The number of piperazine rings is 1. The molecule has 0 aromatic carbocycles. The first-order chi connectivity index (χ1) is 10.4. The molecule has 3 rings (SSSR count). The molecule has 1 saturated heterocycles. The average Bonchev–Trinajstić information content (AvgIpc) is 3.08. The third-order valence-corrected chi connectivity index (χ3v) is 5.58. The molecule has 0 bridgehead atoms. The Kier molecular flexibility index (Phi) is 5.89. The van der Waals surface area contributed by atoms with Crippen LogP contribution >= 0.6 is 11.3 Å². The molecule has 0 unspecified atom stereocenters. The van der Waals surface area contributed by atoms with Gasteiger partial charge < -0.3 is 10.2 Å². The smallest absolute Gasteiger partial charge is 0.185 e. The standard InChI is InChI=1S/C16H28N4S/c1-2-5-15(6-3-1)17-7-4-9-19-10-12-20(13-11-19)16-18-8-14-21-16/h8,14-15,17H,1-7,9-13H2. The van der Waals surface area contributed by atoms with Gasteiger partial charge in [-0.2, -0.15) is 0 Å². The van der Waals surface area contributed by atoms with E-state index in [2.05, 4.69) is 25.5 Å². The third-order valence-electron chi connectivity index (χ3n) is 4.75. The highest BCUT2D eigenvalue weighted by Gasteiger charge is 2.18. The molecule has 1 aromatic heterocycles. The van der Waals surface area contributed by atoms with E-state index < -0.39 is 0 Å². The van der Waals surface area contributed by atoms with Gasteiger partial charge in [0, 0.05) is 43.8 Å². The molecule has 0 radical (unpaired) electrons. The second-order valence-corrected chi connectivity index (χ2v) is 7.16. The molecule has 1 aliphatic carbocycles. The fraction of sp³-hybridized carbons (Fsp3) is 0.812. The largest absolute Gasteiger partial charge is 0.346 e. The van der Waals surface area contributed by atoms with Gasteiger partial charge in [-0.3, -0.25) is 4.90 Å². The van der Waals surface area contributed by atoms with Crippen LogP contribution < -0.4 is 10.2 Å². The van der Waals surface area contributed by atoms with Crippen LogP contribution in [0.2, 0.25) is 0 Å². The summed E-state index contributed by atoms with van der Waals surface area (Å²) in [7, 11) is 0. The number of hydrogen-bond donors (Lipinski definition) is 1. The summed E-state index contributed by atoms with van der Waals surface area (Å²) in [6.07, 6.45) is 10.3. The van der Waals surface area contributed by atoms with Gasteiger partial charge in [0.2, 0.25) is 0 Å². The van der Waals surface area contributed by atoms with E-state index in [-0.39, 0.29) is 0 Å². The van der Waals surface area contributed by atoms with Crippen LogP contribution in [0.15, 0.2) is 11.6 Å². The zero-order valence-electron chi connectivity index (χ0n) is 13.0. The van der Waals surface area contributed by atoms with Gasteiger partial charge in [-0.1, -0.05) is 19.3 Å². The highest BCUT2D eigenvalue weighted by molar-refractivity contribution is 7.13. The Hall–Kier alpha value is -0.650. The predicted molar refractivity (Wildman–Crippen MR) is 90.3 cm³/mol. The Morgan fingerprint density at radius 2 is 1.95 bits per heavy atom. The van der Waals surface area contributed by atoms with Crippen molar-refractivity contribution in [1.29, 1.82) is 0 Å². The molecular formula is C16H28N4S. The summed E-state index contributed by atoms with van der Waals surface area (Å²) in [4.78, 5) is 9.43. The lowest BCUT2D eigenvalue weighted by Crippen LogP contribution is -2.47. The lowest BCUT2D eigenvalue weighted by Gasteiger charge is -2.34. The number of nitrogens with one attached hydrogen (secondary N) is 1. The van der Waals surface area contributed by atoms with Crippen molar-refractivity contribution in [2.45, 2.75) is 44.6 Å². The van der Waals surface area contributed by atoms with Crippen LogP contribution in [-0.2, 0) is 0 Å². The minimum absolute atomic E-state index is 0.806. The molecular weight excluding hydrogens is 280 g/mol. The first-order valence-electron chi connectivity index (χ1n) is 8.52. The SMILES string of the molecule is c1csc(N2CCN(CCCNC3CCCCC3)CC2)n1. The predicted octanol–water partition coefficient (Wildman–Crippen LogP) is 2.58. The van der Waals surface area contributed by atoms with E-state index in [9.17, 15) is 0 Å². The second kappa shape index (κ2) is 8.11. The first kappa shape index (κ1) is 15.3. The number of nitrogens with zero attached hydrogens (tertiary/aromatic N) is 3. The normalized spacial score (nSPS) is 21.8. The minimum Gasteiger partial charge on any atom is -0.346 e. The Morgan fingerprint density at radius 3 is 2.67 bits per heavy atom. The van der Waals surface area contributed by atoms with Crippen molar-refractivity contribution in [2.75, 3.05) is 44.2 Å². The fourth-order valence-corrected chi connectivity index (χ4v) is 4.15. The van der Waals surface area contributed by atoms with Crippen LogP contribution in [0.25, 0.3) is 0 Å². The molecule has 2 aliphatic rings. The Morgan fingerprint density at radius 1 is 1.14 bits per heavy atom. The molecule has 1 aliphatic heterocycles. The summed E-state index contributed by atoms with van der Waals surface area (Å²) in [5.74, 6) is 0. The Balaban J connectivity index is 1.27. The van der Waals surface area contributed by atoms with E-state index in [1.165, 1.54) is 69.8 Å². The number of thiazole rings is 1. The first-order valence-corrected chi connectivity index (χ1v) is 9.40. The molecule has 118 valence electrons. The van der Waals surface area contributed by atoms with Crippen molar-refractivity contribution >= 4 is 16.5 Å². The maximum absolute atomic E-state index is 4.41. The quantitative estimate of drug-likeness (QED) is 0.819. The number of rotatable bonds is 6. The minimum atomic E-state index is 0.806. The molecule has 5 heteroatoms. The topological polar surface area (TPSA) is 31.4 Å². The molecule has 0 spiro atoms. The molecule has 1 saturated carbocycles. The van der Waals surface area contributed by atoms with Gasteiger partial charge in [0.25, 0.3) is 0 Å². The molecule has 2 heterocycles. The van der Waals surface area contributed by atoms with E-state index in [0.29, 0.717) is 0 Å². The maximum atomic E-state index is 4.41. The van der Waals surface area contributed by atoms with Crippen LogP contribution in [0.3, 0.4) is 0 Å². The lowest BCUT2D eigenvalue weighted by atomic mass is 9.95. The molecule has 0 atom stereocenters. The van der Waals surface area contributed by atoms with Gasteiger partial charge in [-0.15, -0.1) is 11.3 Å². The van der Waals surface area contributed by atoms with Gasteiger partial charge in [0.1, 0.15) is 0 Å². The summed E-state index contributed by atoms with van der Waals surface area (Å²) in [6, 6.07) is 0.806. The van der Waals surface area contributed by atoms with Crippen LogP contribution in [0.1, 0.15) is 38.5 Å². The van der Waals surface area contributed by atoms with E-state index >= 15 is 0 Å². The third kappa shape index (κ3) is 4.66. The Labute approximate surface area is 132 Å². The van der Waals surface area contributed by atoms with Crippen molar-refractivity contribution < 1.29 is 0 Å². The zero-order chi connectivity index (χ0) is 14.3. The molecule has 1 aromatic rings. The van der Waals surface area contributed by atoms with Crippen molar-refractivity contribution in [1.82, 2.24) is 15.2 Å². The average molecular weight is 308 g/mol.